The topological polar surface area (TPSA) is 37.8 Å². The van der Waals surface area contributed by atoms with Gasteiger partial charge in [-0.2, -0.15) is 0 Å². The molecule has 3 rings (SSSR count). The molecule has 3 aromatic rings. The number of rotatable bonds is 4. The van der Waals surface area contributed by atoms with Crippen molar-refractivity contribution in [1.29, 1.82) is 0 Å². The Morgan fingerprint density at radius 2 is 1.71 bits per heavy atom. The van der Waals surface area contributed by atoms with Crippen molar-refractivity contribution in [3.63, 3.8) is 0 Å². The average molecular weight is 315 g/mol. The Bertz CT molecular complexity index is 855. The molecule has 1 atom stereocenters. The van der Waals surface area contributed by atoms with E-state index in [1.165, 1.54) is 0 Å². The van der Waals surface area contributed by atoms with E-state index in [1.54, 1.807) is 6.33 Å². The van der Waals surface area contributed by atoms with E-state index < -0.39 is 0 Å². The van der Waals surface area contributed by atoms with Gasteiger partial charge in [-0.05, 0) is 30.2 Å². The molecule has 2 aromatic carbocycles. The minimum atomic E-state index is 0.236. The predicted molar refractivity (Wildman–Crippen MR) is 99.7 cm³/mol. The van der Waals surface area contributed by atoms with Crippen molar-refractivity contribution in [2.45, 2.75) is 26.3 Å². The van der Waals surface area contributed by atoms with Crippen LogP contribution in [0.1, 0.15) is 25.8 Å². The van der Waals surface area contributed by atoms with E-state index in [0.29, 0.717) is 5.92 Å². The highest BCUT2D eigenvalue weighted by atomic mass is 15.0. The number of fused-ring (bicyclic) bond motifs is 1. The van der Waals surface area contributed by atoms with Crippen LogP contribution in [0.5, 0.6) is 0 Å². The van der Waals surface area contributed by atoms with E-state index in [0.717, 1.165) is 28.7 Å². The van der Waals surface area contributed by atoms with E-state index in [4.69, 9.17) is 0 Å². The van der Waals surface area contributed by atoms with Crippen molar-refractivity contribution >= 4 is 16.7 Å². The van der Waals surface area contributed by atoms with Gasteiger partial charge in [-0.1, -0.05) is 56.0 Å². The first-order valence-electron chi connectivity index (χ1n) is 8.24. The number of anilines is 1. The first-order valence-corrected chi connectivity index (χ1v) is 8.24. The molecule has 0 aliphatic carbocycles. The molecule has 0 fully saturated rings. The fraction of sp³-hybridized carbons (Fsp3) is 0.238. The number of para-hydroxylation sites is 1. The van der Waals surface area contributed by atoms with Crippen molar-refractivity contribution in [3.8, 4) is 11.8 Å². The molecular weight excluding hydrogens is 294 g/mol. The maximum absolute atomic E-state index is 4.42. The zero-order valence-electron chi connectivity index (χ0n) is 14.0. The third-order valence-corrected chi connectivity index (χ3v) is 4.00. The summed E-state index contributed by atoms with van der Waals surface area (Å²) in [5, 5.41) is 4.60. The molecule has 120 valence electrons. The lowest BCUT2D eigenvalue weighted by molar-refractivity contribution is 0.532. The molecule has 0 spiro atoms. The van der Waals surface area contributed by atoms with Gasteiger partial charge in [-0.15, -0.1) is 0 Å². The summed E-state index contributed by atoms with van der Waals surface area (Å²) in [4.78, 5) is 8.74. The van der Waals surface area contributed by atoms with Crippen molar-refractivity contribution in [2.24, 2.45) is 5.92 Å². The fourth-order valence-electron chi connectivity index (χ4n) is 2.53. The second-order valence-corrected chi connectivity index (χ2v) is 6.11. The minimum Gasteiger partial charge on any atom is -0.366 e. The molecule has 0 aliphatic rings. The Kier molecular flexibility index (Phi) is 5.08. The Morgan fingerprint density at radius 3 is 2.50 bits per heavy atom. The molecule has 0 radical (unpaired) electrons. The van der Waals surface area contributed by atoms with Crippen LogP contribution in [0.25, 0.3) is 10.9 Å². The van der Waals surface area contributed by atoms with Crippen LogP contribution >= 0.6 is 0 Å². The van der Waals surface area contributed by atoms with Gasteiger partial charge in [0.25, 0.3) is 0 Å². The highest BCUT2D eigenvalue weighted by Crippen LogP contribution is 2.21. The number of aromatic nitrogens is 2. The average Bonchev–Trinajstić information content (AvgIpc) is 2.62. The van der Waals surface area contributed by atoms with Gasteiger partial charge in [-0.25, -0.2) is 9.97 Å². The van der Waals surface area contributed by atoms with Gasteiger partial charge < -0.3 is 5.32 Å². The predicted octanol–water partition coefficient (Wildman–Crippen LogP) is 4.51. The summed E-state index contributed by atoms with van der Waals surface area (Å²) in [6.45, 7) is 4.40. The molecule has 1 N–H and O–H groups in total. The number of benzene rings is 2. The number of hydrogen-bond donors (Lipinski definition) is 1. The van der Waals surface area contributed by atoms with Gasteiger partial charge in [0.1, 0.15) is 12.1 Å². The highest BCUT2D eigenvalue weighted by Gasteiger charge is 2.14. The summed E-state index contributed by atoms with van der Waals surface area (Å²) in [6.07, 6.45) is 2.38. The highest BCUT2D eigenvalue weighted by molar-refractivity contribution is 5.88. The lowest BCUT2D eigenvalue weighted by Crippen LogP contribution is -2.25. The molecular formula is C21H21N3. The van der Waals surface area contributed by atoms with E-state index in [1.807, 2.05) is 54.6 Å². The van der Waals surface area contributed by atoms with Crippen LogP contribution < -0.4 is 5.32 Å². The van der Waals surface area contributed by atoms with Crippen LogP contribution in [0.2, 0.25) is 0 Å². The molecule has 0 saturated carbocycles. The zero-order valence-corrected chi connectivity index (χ0v) is 14.0. The molecule has 3 heteroatoms. The second-order valence-electron chi connectivity index (χ2n) is 6.11. The number of hydrogen-bond acceptors (Lipinski definition) is 3. The van der Waals surface area contributed by atoms with Gasteiger partial charge in [0.15, 0.2) is 0 Å². The van der Waals surface area contributed by atoms with Crippen LogP contribution in [-0.2, 0) is 0 Å². The number of nitrogens with zero attached hydrogens (tertiary/aromatic N) is 2. The number of nitrogens with one attached hydrogen (secondary N) is 1. The van der Waals surface area contributed by atoms with Gasteiger partial charge >= 0.3 is 0 Å². The molecule has 3 nitrogen and oxygen atoms in total. The second kappa shape index (κ2) is 7.61. The largest absolute Gasteiger partial charge is 0.366 e. The normalized spacial score (nSPS) is 11.8. The van der Waals surface area contributed by atoms with Gasteiger partial charge in [-0.3, -0.25) is 0 Å². The van der Waals surface area contributed by atoms with Gasteiger partial charge in [0.2, 0.25) is 0 Å². The summed E-state index contributed by atoms with van der Waals surface area (Å²) in [6, 6.07) is 18.4. The minimum absolute atomic E-state index is 0.236. The van der Waals surface area contributed by atoms with Gasteiger partial charge in [0.05, 0.1) is 5.52 Å². The SMILES string of the molecule is CC(C)C(CC#Cc1ccccc1)Nc1ncnc2ccccc12. The summed E-state index contributed by atoms with van der Waals surface area (Å²) >= 11 is 0. The Balaban J connectivity index is 1.78. The summed E-state index contributed by atoms with van der Waals surface area (Å²) < 4.78 is 0. The standard InChI is InChI=1S/C21H21N3/c1-16(2)19(14-8-11-17-9-4-3-5-10-17)24-21-18-12-6-7-13-20(18)22-15-23-21/h3-7,9-10,12-13,15-16,19H,14H2,1-2H3,(H,22,23,24). The molecule has 0 amide bonds. The lowest BCUT2D eigenvalue weighted by atomic mass is 10.0. The summed E-state index contributed by atoms with van der Waals surface area (Å²) in [5.74, 6) is 7.85. The summed E-state index contributed by atoms with van der Waals surface area (Å²) in [7, 11) is 0. The third kappa shape index (κ3) is 3.91. The van der Waals surface area contributed by atoms with Crippen molar-refractivity contribution in [2.75, 3.05) is 5.32 Å². The molecule has 24 heavy (non-hydrogen) atoms. The molecule has 1 heterocycles. The van der Waals surface area contributed by atoms with E-state index in [2.05, 4.69) is 41.0 Å². The third-order valence-electron chi connectivity index (χ3n) is 4.00. The molecule has 0 aliphatic heterocycles. The van der Waals surface area contributed by atoms with E-state index in [9.17, 15) is 0 Å². The van der Waals surface area contributed by atoms with Crippen molar-refractivity contribution in [3.05, 3.63) is 66.5 Å². The van der Waals surface area contributed by atoms with Crippen LogP contribution in [-0.4, -0.2) is 16.0 Å². The molecule has 0 bridgehead atoms. The first-order chi connectivity index (χ1) is 11.7. The first kappa shape index (κ1) is 16.0. The maximum atomic E-state index is 4.42. The Morgan fingerprint density at radius 1 is 0.958 bits per heavy atom. The van der Waals surface area contributed by atoms with Crippen molar-refractivity contribution < 1.29 is 0 Å². The fourth-order valence-corrected chi connectivity index (χ4v) is 2.53. The Labute approximate surface area is 143 Å². The molecule has 0 saturated heterocycles. The van der Waals surface area contributed by atoms with Crippen LogP contribution in [0, 0.1) is 17.8 Å². The smallest absolute Gasteiger partial charge is 0.137 e. The maximum Gasteiger partial charge on any atom is 0.137 e. The quantitative estimate of drug-likeness (QED) is 0.720. The molecule has 1 unspecified atom stereocenters. The monoisotopic (exact) mass is 315 g/mol. The van der Waals surface area contributed by atoms with Gasteiger partial charge in [0, 0.05) is 23.4 Å². The molecule has 1 aromatic heterocycles. The van der Waals surface area contributed by atoms with Crippen LogP contribution in [0.3, 0.4) is 0 Å². The van der Waals surface area contributed by atoms with Crippen molar-refractivity contribution in [1.82, 2.24) is 9.97 Å². The zero-order chi connectivity index (χ0) is 16.8. The lowest BCUT2D eigenvalue weighted by Gasteiger charge is -2.21. The van der Waals surface area contributed by atoms with Crippen LogP contribution in [0.15, 0.2) is 60.9 Å². The van der Waals surface area contributed by atoms with Crippen LogP contribution in [0.4, 0.5) is 5.82 Å². The van der Waals surface area contributed by atoms with E-state index >= 15 is 0 Å². The van der Waals surface area contributed by atoms with E-state index in [-0.39, 0.29) is 6.04 Å². The Hall–Kier alpha value is -2.86. The summed E-state index contributed by atoms with van der Waals surface area (Å²) in [5.41, 5.74) is 2.00.